The normalized spacial score (nSPS) is 25.2. The van der Waals surface area contributed by atoms with Gasteiger partial charge in [-0.2, -0.15) is 0 Å². The smallest absolute Gasteiger partial charge is 0.0960 e. The fraction of sp³-hybridized carbons (Fsp3) is 0.769. The minimum absolute atomic E-state index is 0.188. The van der Waals surface area contributed by atoms with Gasteiger partial charge in [0.2, 0.25) is 0 Å². The van der Waals surface area contributed by atoms with Crippen molar-refractivity contribution in [3.05, 3.63) is 15.6 Å². The SMILES string of the molecule is CCC(C)c1nc2c(s1)C(O)CC(C)(C)C2. The van der Waals surface area contributed by atoms with Gasteiger partial charge in [0, 0.05) is 5.92 Å². The first-order valence-corrected chi connectivity index (χ1v) is 6.92. The Labute approximate surface area is 102 Å². The van der Waals surface area contributed by atoms with Gasteiger partial charge in [-0.1, -0.05) is 27.7 Å². The van der Waals surface area contributed by atoms with E-state index in [1.165, 1.54) is 5.01 Å². The number of aliphatic hydroxyl groups is 1. The lowest BCUT2D eigenvalue weighted by Crippen LogP contribution is -2.24. The molecule has 1 aliphatic rings. The quantitative estimate of drug-likeness (QED) is 0.854. The molecule has 0 saturated heterocycles. The Bertz CT molecular complexity index is 383. The van der Waals surface area contributed by atoms with Gasteiger partial charge >= 0.3 is 0 Å². The van der Waals surface area contributed by atoms with E-state index in [1.54, 1.807) is 11.3 Å². The van der Waals surface area contributed by atoms with Crippen LogP contribution in [0.2, 0.25) is 0 Å². The maximum atomic E-state index is 10.1. The van der Waals surface area contributed by atoms with E-state index < -0.39 is 0 Å². The summed E-state index contributed by atoms with van der Waals surface area (Å²) in [6.07, 6.45) is 2.69. The number of thiazole rings is 1. The number of nitrogens with zero attached hydrogens (tertiary/aromatic N) is 1. The summed E-state index contributed by atoms with van der Waals surface area (Å²) >= 11 is 1.72. The Morgan fingerprint density at radius 1 is 1.56 bits per heavy atom. The Kier molecular flexibility index (Phi) is 3.10. The van der Waals surface area contributed by atoms with Crippen LogP contribution in [0.4, 0.5) is 0 Å². The molecule has 3 heteroatoms. The lowest BCUT2D eigenvalue weighted by Gasteiger charge is -2.31. The summed E-state index contributed by atoms with van der Waals surface area (Å²) in [5.41, 5.74) is 1.33. The first-order chi connectivity index (χ1) is 7.43. The van der Waals surface area contributed by atoms with Crippen LogP contribution in [0.5, 0.6) is 0 Å². The molecule has 0 saturated carbocycles. The molecule has 0 radical (unpaired) electrons. The molecule has 1 aromatic heterocycles. The zero-order valence-corrected chi connectivity index (χ0v) is 11.4. The highest BCUT2D eigenvalue weighted by Gasteiger charge is 2.34. The predicted molar refractivity (Wildman–Crippen MR) is 67.9 cm³/mol. The minimum Gasteiger partial charge on any atom is -0.387 e. The van der Waals surface area contributed by atoms with E-state index in [4.69, 9.17) is 4.98 Å². The van der Waals surface area contributed by atoms with E-state index in [2.05, 4.69) is 27.7 Å². The second kappa shape index (κ2) is 4.11. The van der Waals surface area contributed by atoms with Gasteiger partial charge in [0.15, 0.2) is 0 Å². The average Bonchev–Trinajstić information content (AvgIpc) is 2.58. The zero-order valence-electron chi connectivity index (χ0n) is 10.6. The van der Waals surface area contributed by atoms with Crippen molar-refractivity contribution in [2.75, 3.05) is 0 Å². The number of rotatable bonds is 2. The Morgan fingerprint density at radius 3 is 2.88 bits per heavy atom. The molecule has 0 spiro atoms. The molecular weight excluding hydrogens is 218 g/mol. The number of hydrogen-bond donors (Lipinski definition) is 1. The van der Waals surface area contributed by atoms with E-state index in [-0.39, 0.29) is 11.5 Å². The van der Waals surface area contributed by atoms with Crippen molar-refractivity contribution in [3.8, 4) is 0 Å². The fourth-order valence-corrected chi connectivity index (χ4v) is 3.50. The summed E-state index contributed by atoms with van der Waals surface area (Å²) in [5, 5.41) is 11.3. The number of fused-ring (bicyclic) bond motifs is 1. The molecule has 1 heterocycles. The molecule has 16 heavy (non-hydrogen) atoms. The molecule has 0 amide bonds. The molecule has 0 fully saturated rings. The Balaban J connectivity index is 2.34. The third-order valence-electron chi connectivity index (χ3n) is 3.47. The van der Waals surface area contributed by atoms with Gasteiger partial charge in [0.05, 0.1) is 21.7 Å². The van der Waals surface area contributed by atoms with Crippen molar-refractivity contribution in [2.24, 2.45) is 5.41 Å². The molecule has 0 aliphatic heterocycles. The Morgan fingerprint density at radius 2 is 2.25 bits per heavy atom. The highest BCUT2D eigenvalue weighted by atomic mass is 32.1. The maximum absolute atomic E-state index is 10.1. The molecule has 0 aromatic carbocycles. The van der Waals surface area contributed by atoms with E-state index in [9.17, 15) is 5.11 Å². The monoisotopic (exact) mass is 239 g/mol. The van der Waals surface area contributed by atoms with Crippen LogP contribution >= 0.6 is 11.3 Å². The highest BCUT2D eigenvalue weighted by molar-refractivity contribution is 7.11. The van der Waals surface area contributed by atoms with Crippen LogP contribution in [0.3, 0.4) is 0 Å². The van der Waals surface area contributed by atoms with E-state index in [0.717, 1.165) is 29.8 Å². The summed E-state index contributed by atoms with van der Waals surface area (Å²) < 4.78 is 0. The van der Waals surface area contributed by atoms with E-state index in [1.807, 2.05) is 0 Å². The van der Waals surface area contributed by atoms with Gasteiger partial charge in [-0.25, -0.2) is 4.98 Å². The topological polar surface area (TPSA) is 33.1 Å². The summed E-state index contributed by atoms with van der Waals surface area (Å²) in [6.45, 7) is 8.82. The van der Waals surface area contributed by atoms with Crippen LogP contribution < -0.4 is 0 Å². The van der Waals surface area contributed by atoms with Gasteiger partial charge in [0.25, 0.3) is 0 Å². The Hall–Kier alpha value is -0.410. The second-order valence-electron chi connectivity index (χ2n) is 5.73. The number of aromatic nitrogens is 1. The van der Waals surface area contributed by atoms with Crippen LogP contribution in [0, 0.1) is 5.41 Å². The predicted octanol–water partition coefficient (Wildman–Crippen LogP) is 3.66. The first-order valence-electron chi connectivity index (χ1n) is 6.10. The molecule has 1 N–H and O–H groups in total. The second-order valence-corrected chi connectivity index (χ2v) is 6.80. The van der Waals surface area contributed by atoms with Gasteiger partial charge in [-0.3, -0.25) is 0 Å². The fourth-order valence-electron chi connectivity index (χ4n) is 2.30. The molecule has 2 atom stereocenters. The summed E-state index contributed by atoms with van der Waals surface area (Å²) in [4.78, 5) is 5.85. The van der Waals surface area contributed by atoms with Gasteiger partial charge in [-0.05, 0) is 24.7 Å². The lowest BCUT2D eigenvalue weighted by atomic mass is 9.77. The van der Waals surface area contributed by atoms with Crippen molar-refractivity contribution in [3.63, 3.8) is 0 Å². The average molecular weight is 239 g/mol. The van der Waals surface area contributed by atoms with Gasteiger partial charge in [0.1, 0.15) is 0 Å². The molecule has 1 aliphatic carbocycles. The molecule has 2 rings (SSSR count). The molecule has 2 unspecified atom stereocenters. The van der Waals surface area contributed by atoms with Crippen LogP contribution in [0.25, 0.3) is 0 Å². The number of hydrogen-bond acceptors (Lipinski definition) is 3. The summed E-state index contributed by atoms with van der Waals surface area (Å²) in [7, 11) is 0. The van der Waals surface area contributed by atoms with Gasteiger partial charge < -0.3 is 5.11 Å². The van der Waals surface area contributed by atoms with Crippen LogP contribution in [0.1, 0.15) is 68.1 Å². The molecule has 1 aromatic rings. The highest BCUT2D eigenvalue weighted by Crippen LogP contribution is 2.44. The van der Waals surface area contributed by atoms with Crippen LogP contribution in [-0.2, 0) is 6.42 Å². The standard InChI is InChI=1S/C13H21NOS/c1-5-8(2)12-14-9-6-13(3,4)7-10(15)11(9)16-12/h8,10,15H,5-7H2,1-4H3. The van der Waals surface area contributed by atoms with Crippen molar-refractivity contribution in [1.82, 2.24) is 4.98 Å². The van der Waals surface area contributed by atoms with Crippen LogP contribution in [0.15, 0.2) is 0 Å². The zero-order chi connectivity index (χ0) is 11.9. The largest absolute Gasteiger partial charge is 0.387 e. The molecule has 90 valence electrons. The van der Waals surface area contributed by atoms with E-state index >= 15 is 0 Å². The first kappa shape index (κ1) is 12.1. The summed E-state index contributed by atoms with van der Waals surface area (Å²) in [6, 6.07) is 0. The van der Waals surface area contributed by atoms with Crippen molar-refractivity contribution < 1.29 is 5.11 Å². The van der Waals surface area contributed by atoms with Crippen molar-refractivity contribution >= 4 is 11.3 Å². The minimum atomic E-state index is -0.297. The van der Waals surface area contributed by atoms with Crippen molar-refractivity contribution in [2.45, 2.75) is 59.0 Å². The van der Waals surface area contributed by atoms with Crippen molar-refractivity contribution in [1.29, 1.82) is 0 Å². The van der Waals surface area contributed by atoms with Gasteiger partial charge in [-0.15, -0.1) is 11.3 Å². The molecule has 0 bridgehead atoms. The molecular formula is C13H21NOS. The third-order valence-corrected chi connectivity index (χ3v) is 4.90. The van der Waals surface area contributed by atoms with Crippen LogP contribution in [-0.4, -0.2) is 10.1 Å². The molecule has 2 nitrogen and oxygen atoms in total. The maximum Gasteiger partial charge on any atom is 0.0960 e. The number of aliphatic hydroxyl groups excluding tert-OH is 1. The lowest BCUT2D eigenvalue weighted by molar-refractivity contribution is 0.102. The summed E-state index contributed by atoms with van der Waals surface area (Å²) in [5.74, 6) is 0.519. The third kappa shape index (κ3) is 2.16. The van der Waals surface area contributed by atoms with E-state index in [0.29, 0.717) is 5.92 Å².